The molecule has 0 saturated heterocycles. The summed E-state index contributed by atoms with van der Waals surface area (Å²) in [5.74, 6) is -2.96. The van der Waals surface area contributed by atoms with Crippen LogP contribution >= 0.6 is 0 Å². The largest absolute Gasteiger partial charge is 0.464 e. The van der Waals surface area contributed by atoms with Crippen LogP contribution in [-0.4, -0.2) is 24.5 Å². The van der Waals surface area contributed by atoms with Gasteiger partial charge in [-0.3, -0.25) is 4.79 Å². The van der Waals surface area contributed by atoms with Gasteiger partial charge in [0.05, 0.1) is 17.7 Å². The first-order valence-corrected chi connectivity index (χ1v) is 7.01. The van der Waals surface area contributed by atoms with E-state index in [9.17, 15) is 27.2 Å². The first kappa shape index (κ1) is 18.9. The van der Waals surface area contributed by atoms with Crippen LogP contribution < -0.4 is 5.32 Å². The topological polar surface area (TPSA) is 55.4 Å². The quantitative estimate of drug-likeness (QED) is 0.493. The summed E-state index contributed by atoms with van der Waals surface area (Å²) in [5, 5.41) is 2.12. The number of hydrogen-bond acceptors (Lipinski definition) is 3. The second-order valence-corrected chi connectivity index (χ2v) is 4.91. The van der Waals surface area contributed by atoms with Gasteiger partial charge in [0.15, 0.2) is 0 Å². The Morgan fingerprint density at radius 2 is 1.96 bits per heavy atom. The first-order valence-electron chi connectivity index (χ1n) is 7.01. The first-order chi connectivity index (χ1) is 10.7. The normalized spacial score (nSPS) is 12.6. The predicted molar refractivity (Wildman–Crippen MR) is 74.2 cm³/mol. The maximum absolute atomic E-state index is 13.6. The second kappa shape index (κ2) is 7.94. The van der Waals surface area contributed by atoms with E-state index in [2.05, 4.69) is 5.32 Å². The maximum Gasteiger partial charge on any atom is 0.416 e. The number of nitrogens with one attached hydrogen (secondary N) is 1. The minimum atomic E-state index is -4.70. The third-order valence-corrected chi connectivity index (χ3v) is 2.98. The molecule has 0 bridgehead atoms. The van der Waals surface area contributed by atoms with Crippen molar-refractivity contribution in [2.24, 2.45) is 0 Å². The molecule has 8 heteroatoms. The number of carbonyl (C=O) groups is 2. The van der Waals surface area contributed by atoms with Crippen LogP contribution in [0.3, 0.4) is 0 Å². The molecule has 0 fully saturated rings. The molecular formula is C15H17F4NO3. The number of carbonyl (C=O) groups excluding carboxylic acids is 2. The smallest absolute Gasteiger partial charge is 0.416 e. The zero-order valence-electron chi connectivity index (χ0n) is 12.7. The average Bonchev–Trinajstić information content (AvgIpc) is 2.46. The zero-order valence-corrected chi connectivity index (χ0v) is 12.7. The lowest BCUT2D eigenvalue weighted by atomic mass is 10.1. The molecule has 0 aliphatic heterocycles. The average molecular weight is 335 g/mol. The minimum Gasteiger partial charge on any atom is -0.464 e. The lowest BCUT2D eigenvalue weighted by Gasteiger charge is -2.14. The Morgan fingerprint density at radius 1 is 1.30 bits per heavy atom. The van der Waals surface area contributed by atoms with Crippen molar-refractivity contribution >= 4 is 11.9 Å². The summed E-state index contributed by atoms with van der Waals surface area (Å²) in [6.45, 7) is 3.38. The highest BCUT2D eigenvalue weighted by molar-refractivity contribution is 5.97. The number of rotatable bonds is 6. The third-order valence-electron chi connectivity index (χ3n) is 2.98. The van der Waals surface area contributed by atoms with Crippen LogP contribution in [0.15, 0.2) is 18.2 Å². The second-order valence-electron chi connectivity index (χ2n) is 4.91. The molecule has 0 aliphatic carbocycles. The highest BCUT2D eigenvalue weighted by Gasteiger charge is 2.32. The van der Waals surface area contributed by atoms with Crippen LogP contribution in [-0.2, 0) is 15.7 Å². The number of benzene rings is 1. The molecule has 0 spiro atoms. The van der Waals surface area contributed by atoms with Gasteiger partial charge in [-0.2, -0.15) is 13.2 Å². The zero-order chi connectivity index (χ0) is 17.6. The number of amides is 1. The summed E-state index contributed by atoms with van der Waals surface area (Å²) < 4.78 is 56.2. The molecule has 1 N–H and O–H groups in total. The van der Waals surface area contributed by atoms with Crippen LogP contribution in [0.2, 0.25) is 0 Å². The van der Waals surface area contributed by atoms with Crippen molar-refractivity contribution in [2.75, 3.05) is 6.61 Å². The molecular weight excluding hydrogens is 318 g/mol. The number of unbranched alkanes of at least 4 members (excludes halogenated alkanes) is 1. The molecule has 0 aromatic heterocycles. The van der Waals surface area contributed by atoms with E-state index >= 15 is 0 Å². The van der Waals surface area contributed by atoms with Crippen molar-refractivity contribution < 1.29 is 31.9 Å². The van der Waals surface area contributed by atoms with E-state index in [4.69, 9.17) is 4.74 Å². The Labute approximate surface area is 130 Å². The SMILES string of the molecule is CCCCOC(=O)C(C)NC(=O)c1cc(C(F)(F)F)ccc1F. The molecule has 128 valence electrons. The van der Waals surface area contributed by atoms with Crippen LogP contribution in [0.5, 0.6) is 0 Å². The van der Waals surface area contributed by atoms with Gasteiger partial charge in [-0.25, -0.2) is 9.18 Å². The van der Waals surface area contributed by atoms with Gasteiger partial charge in [0.1, 0.15) is 11.9 Å². The molecule has 1 unspecified atom stereocenters. The summed E-state index contributed by atoms with van der Waals surface area (Å²) in [5.41, 5.74) is -1.93. The highest BCUT2D eigenvalue weighted by Crippen LogP contribution is 2.30. The summed E-state index contributed by atoms with van der Waals surface area (Å²) >= 11 is 0. The molecule has 1 rings (SSSR count). The summed E-state index contributed by atoms with van der Waals surface area (Å²) in [7, 11) is 0. The van der Waals surface area contributed by atoms with Crippen molar-refractivity contribution in [3.05, 3.63) is 35.1 Å². The van der Waals surface area contributed by atoms with Crippen molar-refractivity contribution in [1.29, 1.82) is 0 Å². The molecule has 1 atom stereocenters. The fourth-order valence-corrected chi connectivity index (χ4v) is 1.65. The van der Waals surface area contributed by atoms with Gasteiger partial charge in [-0.1, -0.05) is 13.3 Å². The van der Waals surface area contributed by atoms with E-state index in [-0.39, 0.29) is 6.61 Å². The van der Waals surface area contributed by atoms with Gasteiger partial charge in [0.25, 0.3) is 5.91 Å². The predicted octanol–water partition coefficient (Wildman–Crippen LogP) is 3.31. The van der Waals surface area contributed by atoms with Gasteiger partial charge in [-0.15, -0.1) is 0 Å². The van der Waals surface area contributed by atoms with E-state index in [1.54, 1.807) is 0 Å². The Balaban J connectivity index is 2.79. The Bertz CT molecular complexity index is 572. The fraction of sp³-hybridized carbons (Fsp3) is 0.467. The van der Waals surface area contributed by atoms with Crippen LogP contribution in [0, 0.1) is 5.82 Å². The van der Waals surface area contributed by atoms with Gasteiger partial charge in [0, 0.05) is 0 Å². The third kappa shape index (κ3) is 5.54. The Morgan fingerprint density at radius 3 is 2.52 bits per heavy atom. The number of halogens is 4. The summed E-state index contributed by atoms with van der Waals surface area (Å²) in [6.07, 6.45) is -3.24. The van der Waals surface area contributed by atoms with E-state index in [1.165, 1.54) is 6.92 Å². The Hall–Kier alpha value is -2.12. The standard InChI is InChI=1S/C15H17F4NO3/c1-3-4-7-23-14(22)9(2)20-13(21)11-8-10(15(17,18)19)5-6-12(11)16/h5-6,8-9H,3-4,7H2,1-2H3,(H,20,21). The van der Waals surface area contributed by atoms with Crippen LogP contribution in [0.4, 0.5) is 17.6 Å². The number of hydrogen-bond donors (Lipinski definition) is 1. The van der Waals surface area contributed by atoms with E-state index in [0.29, 0.717) is 24.6 Å². The van der Waals surface area contributed by atoms with Gasteiger partial charge in [0.2, 0.25) is 0 Å². The molecule has 1 aromatic rings. The van der Waals surface area contributed by atoms with Crippen LogP contribution in [0.1, 0.15) is 42.6 Å². The summed E-state index contributed by atoms with van der Waals surface area (Å²) in [4.78, 5) is 23.4. The highest BCUT2D eigenvalue weighted by atomic mass is 19.4. The molecule has 23 heavy (non-hydrogen) atoms. The minimum absolute atomic E-state index is 0.174. The van der Waals surface area contributed by atoms with Crippen molar-refractivity contribution in [3.63, 3.8) is 0 Å². The lowest BCUT2D eigenvalue weighted by Crippen LogP contribution is -2.40. The van der Waals surface area contributed by atoms with E-state index in [0.717, 1.165) is 6.42 Å². The van der Waals surface area contributed by atoms with Crippen molar-refractivity contribution in [1.82, 2.24) is 5.32 Å². The monoisotopic (exact) mass is 335 g/mol. The lowest BCUT2D eigenvalue weighted by molar-refractivity contribution is -0.145. The summed E-state index contributed by atoms with van der Waals surface area (Å²) in [6, 6.07) is 0.393. The molecule has 1 aromatic carbocycles. The van der Waals surface area contributed by atoms with E-state index < -0.39 is 41.0 Å². The van der Waals surface area contributed by atoms with Gasteiger partial charge < -0.3 is 10.1 Å². The van der Waals surface area contributed by atoms with Gasteiger partial charge >= 0.3 is 12.1 Å². The molecule has 1 amide bonds. The molecule has 0 aliphatic rings. The van der Waals surface area contributed by atoms with E-state index in [1.807, 2.05) is 6.92 Å². The molecule has 4 nitrogen and oxygen atoms in total. The number of alkyl halides is 3. The maximum atomic E-state index is 13.6. The number of esters is 1. The molecule has 0 radical (unpaired) electrons. The van der Waals surface area contributed by atoms with Crippen LogP contribution in [0.25, 0.3) is 0 Å². The molecule has 0 heterocycles. The Kier molecular flexibility index (Phi) is 6.53. The van der Waals surface area contributed by atoms with Crippen molar-refractivity contribution in [3.8, 4) is 0 Å². The number of ether oxygens (including phenoxy) is 1. The van der Waals surface area contributed by atoms with Crippen molar-refractivity contribution in [2.45, 2.75) is 38.9 Å². The van der Waals surface area contributed by atoms with Gasteiger partial charge in [-0.05, 0) is 31.5 Å². The fourth-order valence-electron chi connectivity index (χ4n) is 1.65. The molecule has 0 saturated carbocycles.